The van der Waals surface area contributed by atoms with Crippen LogP contribution in [0, 0.1) is 0 Å². The van der Waals surface area contributed by atoms with E-state index in [0.29, 0.717) is 11.4 Å². The van der Waals surface area contributed by atoms with Crippen molar-refractivity contribution in [3.05, 3.63) is 41.8 Å². The van der Waals surface area contributed by atoms with Crippen LogP contribution in [-0.2, 0) is 26.5 Å². The molecule has 0 aliphatic carbocycles. The van der Waals surface area contributed by atoms with Crippen LogP contribution < -0.4 is 5.32 Å². The number of aromatic nitrogens is 1. The number of carbonyl (C=O) groups excluding carboxylic acids is 1. The Bertz CT molecular complexity index is 799. The summed E-state index contributed by atoms with van der Waals surface area (Å²) in [5.41, 5.74) is 0.922. The van der Waals surface area contributed by atoms with Crippen molar-refractivity contribution in [2.75, 3.05) is 11.6 Å². The van der Waals surface area contributed by atoms with Crippen LogP contribution in [0.2, 0.25) is 0 Å². The average molecular weight is 336 g/mol. The number of hydrogen-bond donors (Lipinski definition) is 1. The summed E-state index contributed by atoms with van der Waals surface area (Å²) in [4.78, 5) is 12.2. The van der Waals surface area contributed by atoms with Gasteiger partial charge in [0, 0.05) is 23.4 Å². The first kappa shape index (κ1) is 17.2. The van der Waals surface area contributed by atoms with E-state index in [9.17, 15) is 13.2 Å². The van der Waals surface area contributed by atoms with Gasteiger partial charge < -0.3 is 9.84 Å². The molecule has 0 bridgehead atoms. The van der Waals surface area contributed by atoms with Gasteiger partial charge in [0.05, 0.1) is 17.0 Å². The van der Waals surface area contributed by atoms with Crippen molar-refractivity contribution in [3.63, 3.8) is 0 Å². The summed E-state index contributed by atoms with van der Waals surface area (Å²) in [6, 6.07) is 7.79. The Balaban J connectivity index is 2.01. The highest BCUT2D eigenvalue weighted by Gasteiger charge is 2.20. The van der Waals surface area contributed by atoms with Gasteiger partial charge in [0.1, 0.15) is 5.76 Å². The minimum atomic E-state index is -3.24. The molecule has 6 nitrogen and oxygen atoms in total. The highest BCUT2D eigenvalue weighted by molar-refractivity contribution is 7.90. The van der Waals surface area contributed by atoms with E-state index >= 15 is 0 Å². The number of anilines is 1. The molecule has 1 heterocycles. The molecule has 0 fully saturated rings. The molecule has 7 heteroatoms. The SMILES string of the molecule is CC(C)(C)c1cc(CC(=O)Nc2ccc(S(C)(=O)=O)cc2)no1. The van der Waals surface area contributed by atoms with Crippen molar-refractivity contribution in [2.45, 2.75) is 37.5 Å². The molecule has 1 amide bonds. The second-order valence-electron chi connectivity index (χ2n) is 6.45. The maximum Gasteiger partial charge on any atom is 0.230 e. The summed E-state index contributed by atoms with van der Waals surface area (Å²) in [5.74, 6) is 0.476. The smallest absolute Gasteiger partial charge is 0.230 e. The molecule has 0 spiro atoms. The summed E-state index contributed by atoms with van der Waals surface area (Å²) in [6.07, 6.45) is 1.23. The predicted molar refractivity (Wildman–Crippen MR) is 87.1 cm³/mol. The maximum atomic E-state index is 12.0. The molecule has 0 atom stereocenters. The summed E-state index contributed by atoms with van der Waals surface area (Å²) in [7, 11) is -3.24. The topological polar surface area (TPSA) is 89.3 Å². The highest BCUT2D eigenvalue weighted by atomic mass is 32.2. The van der Waals surface area contributed by atoms with Crippen LogP contribution in [-0.4, -0.2) is 25.7 Å². The Morgan fingerprint density at radius 2 is 1.83 bits per heavy atom. The number of amides is 1. The fraction of sp³-hybridized carbons (Fsp3) is 0.375. The number of nitrogens with one attached hydrogen (secondary N) is 1. The van der Waals surface area contributed by atoms with E-state index in [2.05, 4.69) is 10.5 Å². The molecule has 124 valence electrons. The van der Waals surface area contributed by atoms with Gasteiger partial charge in [-0.2, -0.15) is 0 Å². The molecule has 2 rings (SSSR count). The van der Waals surface area contributed by atoms with Gasteiger partial charge >= 0.3 is 0 Å². The molecular weight excluding hydrogens is 316 g/mol. The van der Waals surface area contributed by atoms with Crippen molar-refractivity contribution in [1.82, 2.24) is 5.16 Å². The lowest BCUT2D eigenvalue weighted by molar-refractivity contribution is -0.115. The van der Waals surface area contributed by atoms with E-state index in [-0.39, 0.29) is 22.6 Å². The minimum Gasteiger partial charge on any atom is -0.361 e. The Hall–Kier alpha value is -2.15. The molecule has 0 radical (unpaired) electrons. The second kappa shape index (κ2) is 6.16. The van der Waals surface area contributed by atoms with E-state index in [0.717, 1.165) is 12.0 Å². The van der Waals surface area contributed by atoms with Gasteiger partial charge in [-0.15, -0.1) is 0 Å². The van der Waals surface area contributed by atoms with Crippen molar-refractivity contribution in [3.8, 4) is 0 Å². The molecule has 0 saturated heterocycles. The van der Waals surface area contributed by atoms with E-state index < -0.39 is 9.84 Å². The standard InChI is InChI=1S/C16H20N2O4S/c1-16(2,3)14-9-12(18-22-14)10-15(19)17-11-5-7-13(8-6-11)23(4,20)21/h5-9H,10H2,1-4H3,(H,17,19). The summed E-state index contributed by atoms with van der Waals surface area (Å²) in [5, 5.41) is 6.60. The monoisotopic (exact) mass is 336 g/mol. The Labute approximate surface area is 135 Å². The maximum absolute atomic E-state index is 12.0. The number of sulfone groups is 1. The van der Waals surface area contributed by atoms with Gasteiger partial charge in [0.15, 0.2) is 9.84 Å². The Morgan fingerprint density at radius 1 is 1.22 bits per heavy atom. The summed E-state index contributed by atoms with van der Waals surface area (Å²) >= 11 is 0. The number of nitrogens with zero attached hydrogens (tertiary/aromatic N) is 1. The van der Waals surface area contributed by atoms with Crippen LogP contribution >= 0.6 is 0 Å². The zero-order valence-corrected chi connectivity index (χ0v) is 14.4. The van der Waals surface area contributed by atoms with Gasteiger partial charge in [-0.25, -0.2) is 8.42 Å². The van der Waals surface area contributed by atoms with Gasteiger partial charge in [0.25, 0.3) is 0 Å². The lowest BCUT2D eigenvalue weighted by Gasteiger charge is -2.12. The normalized spacial score (nSPS) is 12.2. The quantitative estimate of drug-likeness (QED) is 0.927. The molecule has 0 unspecified atom stereocenters. The molecule has 0 aliphatic heterocycles. The van der Waals surface area contributed by atoms with Crippen molar-refractivity contribution in [1.29, 1.82) is 0 Å². The molecular formula is C16H20N2O4S. The van der Waals surface area contributed by atoms with Crippen LogP contribution in [0.1, 0.15) is 32.2 Å². The van der Waals surface area contributed by atoms with Crippen LogP contribution in [0.4, 0.5) is 5.69 Å². The largest absolute Gasteiger partial charge is 0.361 e. The lowest BCUT2D eigenvalue weighted by Crippen LogP contribution is -2.14. The Morgan fingerprint density at radius 3 is 2.30 bits per heavy atom. The molecule has 1 aromatic carbocycles. The third-order valence-electron chi connectivity index (χ3n) is 3.21. The fourth-order valence-electron chi connectivity index (χ4n) is 1.90. The van der Waals surface area contributed by atoms with Crippen molar-refractivity contribution < 1.29 is 17.7 Å². The van der Waals surface area contributed by atoms with Crippen LogP contribution in [0.5, 0.6) is 0 Å². The molecule has 0 saturated carbocycles. The van der Waals surface area contributed by atoms with Crippen LogP contribution in [0.15, 0.2) is 39.8 Å². The number of benzene rings is 1. The average Bonchev–Trinajstić information content (AvgIpc) is 2.86. The summed E-state index contributed by atoms with van der Waals surface area (Å²) in [6.45, 7) is 6.00. The van der Waals surface area contributed by atoms with Gasteiger partial charge in [-0.1, -0.05) is 25.9 Å². The number of rotatable bonds is 4. The first-order chi connectivity index (χ1) is 10.6. The Kier molecular flexibility index (Phi) is 4.61. The molecule has 1 aromatic heterocycles. The second-order valence-corrected chi connectivity index (χ2v) is 8.47. The molecule has 23 heavy (non-hydrogen) atoms. The van der Waals surface area contributed by atoms with Crippen LogP contribution in [0.3, 0.4) is 0 Å². The van der Waals surface area contributed by atoms with Gasteiger partial charge in [0.2, 0.25) is 5.91 Å². The summed E-state index contributed by atoms with van der Waals surface area (Å²) < 4.78 is 28.0. The van der Waals surface area contributed by atoms with E-state index in [1.807, 2.05) is 20.8 Å². The fourth-order valence-corrected chi connectivity index (χ4v) is 2.53. The first-order valence-corrected chi connectivity index (χ1v) is 9.01. The molecule has 1 N–H and O–H groups in total. The third-order valence-corrected chi connectivity index (χ3v) is 4.33. The van der Waals surface area contributed by atoms with Gasteiger partial charge in [-0.3, -0.25) is 4.79 Å². The molecule has 0 aliphatic rings. The van der Waals surface area contributed by atoms with Gasteiger partial charge in [-0.05, 0) is 24.3 Å². The van der Waals surface area contributed by atoms with E-state index in [4.69, 9.17) is 4.52 Å². The number of carbonyl (C=O) groups is 1. The third kappa shape index (κ3) is 4.66. The predicted octanol–water partition coefficient (Wildman–Crippen LogP) is 2.56. The zero-order chi connectivity index (χ0) is 17.3. The number of hydrogen-bond acceptors (Lipinski definition) is 5. The highest BCUT2D eigenvalue weighted by Crippen LogP contribution is 2.23. The van der Waals surface area contributed by atoms with Crippen molar-refractivity contribution in [2.24, 2.45) is 0 Å². The van der Waals surface area contributed by atoms with Crippen molar-refractivity contribution >= 4 is 21.4 Å². The van der Waals surface area contributed by atoms with E-state index in [1.54, 1.807) is 18.2 Å². The van der Waals surface area contributed by atoms with E-state index in [1.165, 1.54) is 12.1 Å². The zero-order valence-electron chi connectivity index (χ0n) is 13.6. The first-order valence-electron chi connectivity index (χ1n) is 7.12. The minimum absolute atomic E-state index is 0.0907. The van der Waals surface area contributed by atoms with Crippen LogP contribution in [0.25, 0.3) is 0 Å². The lowest BCUT2D eigenvalue weighted by atomic mass is 9.93. The molecule has 2 aromatic rings.